The molecule has 0 spiro atoms. The summed E-state index contributed by atoms with van der Waals surface area (Å²) in [4.78, 5) is 126. The molecule has 7 aliphatic heterocycles. The Hall–Kier alpha value is -11.1. The number of hydrogen-bond donors (Lipinski definition) is 4. The zero-order chi connectivity index (χ0) is 80.7. The Balaban J connectivity index is 0.000000122. The molecule has 0 aliphatic carbocycles. The van der Waals surface area contributed by atoms with Crippen LogP contribution in [0.3, 0.4) is 0 Å². The number of urea groups is 1. The summed E-state index contributed by atoms with van der Waals surface area (Å²) in [6.45, 7) is 26.6. The average molecular weight is 1660 g/mol. The lowest BCUT2D eigenvalue weighted by Gasteiger charge is -2.37. The number of thiophene rings is 3. The van der Waals surface area contributed by atoms with Gasteiger partial charge in [-0.2, -0.15) is 15.3 Å². The van der Waals surface area contributed by atoms with Crippen molar-refractivity contribution in [3.05, 3.63) is 126 Å². The third kappa shape index (κ3) is 16.4. The molecule has 7 saturated heterocycles. The number of ether oxygens (including phenoxy) is 5. The number of cyclic esters (lactones) is 1. The highest BCUT2D eigenvalue weighted by Crippen LogP contribution is 2.41. The number of anilines is 4. The van der Waals surface area contributed by atoms with Gasteiger partial charge in [0.05, 0.1) is 118 Å². The maximum atomic E-state index is 12.6. The van der Waals surface area contributed by atoms with E-state index >= 15 is 0 Å². The second-order valence-corrected chi connectivity index (χ2v) is 34.1. The number of aromatic amines is 3. The molecule has 118 heavy (non-hydrogen) atoms. The second kappa shape index (κ2) is 34.1. The predicted molar refractivity (Wildman–Crippen MR) is 453 cm³/mol. The minimum absolute atomic E-state index is 0.00578. The fraction of sp³-hybridized carbons (Fsp3) is 0.427. The lowest BCUT2D eigenvalue weighted by molar-refractivity contribution is -0.173. The molecule has 9 aromatic heterocycles. The van der Waals surface area contributed by atoms with Gasteiger partial charge >= 0.3 is 12.0 Å². The summed E-state index contributed by atoms with van der Waals surface area (Å²) in [6, 6.07) is 23.9. The average Bonchev–Trinajstić information content (AvgIpc) is 1.33. The number of morpholine rings is 3. The molecule has 36 heteroatoms. The Morgan fingerprint density at radius 1 is 0.492 bits per heavy atom. The van der Waals surface area contributed by atoms with Gasteiger partial charge in [-0.15, -0.1) is 34.0 Å². The molecule has 0 bridgehead atoms. The Labute approximate surface area is 688 Å². The zero-order valence-corrected chi connectivity index (χ0v) is 68.4. The number of piperazine rings is 3. The third-order valence-corrected chi connectivity index (χ3v) is 25.8. The van der Waals surface area contributed by atoms with Crippen molar-refractivity contribution in [1.82, 2.24) is 90.3 Å². The monoisotopic (exact) mass is 1650 g/mol. The Bertz CT molecular complexity index is 5950. The maximum absolute atomic E-state index is 12.6. The van der Waals surface area contributed by atoms with Gasteiger partial charge in [-0.25, -0.2) is 39.5 Å². The van der Waals surface area contributed by atoms with Gasteiger partial charge in [0.15, 0.2) is 46.7 Å². The number of aromatic nitrogens is 12. The number of H-pyrrole nitrogens is 3. The minimum Gasteiger partial charge on any atom is -0.485 e. The number of hydrogen-bond acceptors (Lipinski definition) is 30. The molecule has 0 radical (unpaired) electrons. The standard InChI is InChI=1S/C29H31N7O4S.C27H30N8O4S.C26H29N7O3S/c1-17(2)40-26-23(24(37)25(26)38)35-8-6-34(7-9-35)16-18-14-22-27(41-18)29(36-10-12-39-13-11-36)32-28(31-22)19-4-3-5-21-20(19)15-30-33-21;1-16-22(26(36)39-16)30-27(37)35-7-5-33(6-8-35)15-17-13-21-23(40-17)25(34-9-11-38-12-10-34)31-24(29-21)18-3-2-4-20-19(18)14-28-32-20;1-17(34)13-23(35)32-7-5-31(6-8-32)16-18-14-22-24(37-18)26(33-9-11-36-12-10-33)29-25(28-22)19-3-2-4-21-20(19)15-27-30-21/h3-5,14-15,17H,6-13,16H2,1-2H3,(H,30,33);2-4,13-14,16,22H,5-12,15H2,1H3,(H,28,32)(H,30,37);2-4,14-15H,5-13,16H2,1H3,(H,27,30)/t;16-,22+;/m.1./s1. The van der Waals surface area contributed by atoms with Crippen LogP contribution >= 0.6 is 34.0 Å². The van der Waals surface area contributed by atoms with Crippen molar-refractivity contribution in [2.24, 2.45) is 0 Å². The number of benzene rings is 3. The molecule has 0 saturated carbocycles. The van der Waals surface area contributed by atoms with Gasteiger partial charge in [0.25, 0.3) is 10.9 Å². The molecule has 13 aromatic rings. The first-order valence-electron chi connectivity index (χ1n) is 40.2. The normalized spacial score (nSPS) is 18.7. The summed E-state index contributed by atoms with van der Waals surface area (Å²) in [5, 5.41) is 27.6. The molecule has 612 valence electrons. The largest absolute Gasteiger partial charge is 0.485 e. The van der Waals surface area contributed by atoms with E-state index in [0.29, 0.717) is 102 Å². The highest BCUT2D eigenvalue weighted by Gasteiger charge is 2.42. The van der Waals surface area contributed by atoms with E-state index in [4.69, 9.17) is 53.6 Å². The number of Topliss-reactive ketones (excluding diaryl/α,β-unsaturated/α-hetero) is 1. The molecule has 3 amide bonds. The molecule has 7 aliphatic rings. The molecule has 0 unspecified atom stereocenters. The third-order valence-electron chi connectivity index (χ3n) is 22.4. The van der Waals surface area contributed by atoms with E-state index in [1.165, 1.54) is 21.6 Å². The van der Waals surface area contributed by atoms with Gasteiger partial charge in [-0.05, 0) is 64.1 Å². The number of nitrogens with zero attached hydrogens (tertiary/aromatic N) is 18. The van der Waals surface area contributed by atoms with Gasteiger partial charge in [-0.3, -0.25) is 49.2 Å². The molecule has 20 rings (SSSR count). The van der Waals surface area contributed by atoms with E-state index in [9.17, 15) is 28.8 Å². The van der Waals surface area contributed by atoms with Crippen molar-refractivity contribution < 1.29 is 42.9 Å². The zero-order valence-electron chi connectivity index (χ0n) is 66.0. The number of fused-ring (bicyclic) bond motifs is 6. The fourth-order valence-corrected chi connectivity index (χ4v) is 19.6. The quantitative estimate of drug-likeness (QED) is 0.0363. The highest BCUT2D eigenvalue weighted by atomic mass is 32.1. The van der Waals surface area contributed by atoms with Crippen molar-refractivity contribution in [2.45, 2.75) is 72.0 Å². The van der Waals surface area contributed by atoms with Crippen molar-refractivity contribution in [1.29, 1.82) is 0 Å². The summed E-state index contributed by atoms with van der Waals surface area (Å²) in [6.07, 6.45) is 5.05. The van der Waals surface area contributed by atoms with Gasteiger partial charge in [-0.1, -0.05) is 36.4 Å². The summed E-state index contributed by atoms with van der Waals surface area (Å²) in [7, 11) is 0. The molecule has 4 aromatic carbocycles. The molecule has 33 nitrogen and oxygen atoms in total. The van der Waals surface area contributed by atoms with Crippen LogP contribution in [-0.4, -0.2) is 284 Å². The number of carbonyl (C=O) groups excluding carboxylic acids is 4. The van der Waals surface area contributed by atoms with Crippen LogP contribution in [0.25, 0.3) is 97.5 Å². The van der Waals surface area contributed by atoms with Crippen LogP contribution in [0.2, 0.25) is 0 Å². The van der Waals surface area contributed by atoms with Crippen molar-refractivity contribution >= 4 is 144 Å². The lowest BCUT2D eigenvalue weighted by atomic mass is 10.1. The summed E-state index contributed by atoms with van der Waals surface area (Å²) >= 11 is 5.22. The van der Waals surface area contributed by atoms with E-state index in [-0.39, 0.29) is 48.1 Å². The summed E-state index contributed by atoms with van der Waals surface area (Å²) in [5.41, 5.74) is 8.05. The number of carbonyl (C=O) groups is 4. The molecular formula is C82H90N22O11S3. The first kappa shape index (κ1) is 78.1. The van der Waals surface area contributed by atoms with Gasteiger partial charge in [0.2, 0.25) is 5.91 Å². The fourth-order valence-electron chi connectivity index (χ4n) is 16.2. The van der Waals surface area contributed by atoms with Crippen LogP contribution in [0.5, 0.6) is 5.75 Å². The smallest absolute Gasteiger partial charge is 0.332 e. The predicted octanol–water partition coefficient (Wildman–Crippen LogP) is 7.68. The Kier molecular flexibility index (Phi) is 22.6. The topological polar surface area (TPSA) is 353 Å². The van der Waals surface area contributed by atoms with E-state index in [1.54, 1.807) is 50.7 Å². The number of nitrogens with one attached hydrogen (secondary N) is 4. The van der Waals surface area contributed by atoms with Crippen LogP contribution in [0.4, 0.5) is 27.9 Å². The van der Waals surface area contributed by atoms with E-state index in [1.807, 2.05) is 91.9 Å². The molecule has 4 N–H and O–H groups in total. The Morgan fingerprint density at radius 3 is 1.24 bits per heavy atom. The second-order valence-electron chi connectivity index (χ2n) is 30.7. The molecule has 2 atom stereocenters. The molecule has 16 heterocycles. The first-order chi connectivity index (χ1) is 57.5. The number of esters is 1. The number of amides is 3. The van der Waals surface area contributed by atoms with Gasteiger partial charge in [0, 0.05) is 185 Å². The van der Waals surface area contributed by atoms with Crippen LogP contribution < -0.4 is 40.5 Å². The highest BCUT2D eigenvalue weighted by molar-refractivity contribution is 7.20. The summed E-state index contributed by atoms with van der Waals surface area (Å²) < 4.78 is 30.7. The van der Waals surface area contributed by atoms with Gasteiger partial charge < -0.3 is 58.4 Å². The van der Waals surface area contributed by atoms with Crippen molar-refractivity contribution in [2.75, 3.05) is 177 Å². The van der Waals surface area contributed by atoms with Crippen molar-refractivity contribution in [3.63, 3.8) is 0 Å². The molecule has 7 fully saturated rings. The number of ketones is 1. The van der Waals surface area contributed by atoms with Crippen LogP contribution in [0.1, 0.15) is 48.7 Å². The van der Waals surface area contributed by atoms with Gasteiger partial charge in [0.1, 0.15) is 17.6 Å². The molecular weight excluding hydrogens is 1570 g/mol. The van der Waals surface area contributed by atoms with E-state index < -0.39 is 16.9 Å². The van der Waals surface area contributed by atoms with Crippen LogP contribution in [0.15, 0.2) is 101 Å². The van der Waals surface area contributed by atoms with Crippen LogP contribution in [-0.2, 0) is 53.0 Å². The van der Waals surface area contributed by atoms with E-state index in [2.05, 4.69) is 83.5 Å². The maximum Gasteiger partial charge on any atom is 0.332 e. The lowest BCUT2D eigenvalue weighted by Crippen LogP contribution is -2.62. The SMILES string of the molecule is CC(=O)CC(=O)N1CCN(Cc2cc3nc(-c4cccc5[nH]ncc45)nc(N4CCOCC4)c3s2)CC1.CC(C)Oc1c(N2CCN(Cc3cc4nc(-c5cccc6[nH]ncc56)nc(N5CCOCC5)c4s3)CC2)c(=O)c1=O.C[C@H]1OC(=O)[C@H]1NC(=O)N1CCN(Cc2cc3nc(-c4cccc5[nH]ncc45)nc(N4CCOCC4)c3s2)CC1. The van der Waals surface area contributed by atoms with Crippen molar-refractivity contribution in [3.8, 4) is 39.9 Å². The summed E-state index contributed by atoms with van der Waals surface area (Å²) in [5.74, 6) is 4.64. The first-order valence-corrected chi connectivity index (χ1v) is 42.6. The Morgan fingerprint density at radius 2 is 0.873 bits per heavy atom. The van der Waals surface area contributed by atoms with E-state index in [0.717, 1.165) is 196 Å². The number of rotatable bonds is 18. The van der Waals surface area contributed by atoms with Crippen LogP contribution in [0, 0.1) is 0 Å². The minimum atomic E-state index is -0.545.